The monoisotopic (exact) mass is 397 g/mol. The van der Waals surface area contributed by atoms with Crippen LogP contribution in [-0.4, -0.2) is 28.2 Å². The van der Waals surface area contributed by atoms with Gasteiger partial charge in [0.05, 0.1) is 18.8 Å². The summed E-state index contributed by atoms with van der Waals surface area (Å²) < 4.78 is 7.72. The van der Waals surface area contributed by atoms with Crippen LogP contribution in [0, 0.1) is 0 Å². The molecule has 0 radical (unpaired) electrons. The highest BCUT2D eigenvalue weighted by Crippen LogP contribution is 2.34. The molecule has 0 aliphatic carbocycles. The van der Waals surface area contributed by atoms with Crippen molar-refractivity contribution in [3.8, 4) is 5.75 Å². The number of anilines is 1. The van der Waals surface area contributed by atoms with Gasteiger partial charge < -0.3 is 19.5 Å². The molecule has 6 heteroatoms. The number of methoxy groups -OCH3 is 1. The van der Waals surface area contributed by atoms with Gasteiger partial charge in [0.25, 0.3) is 0 Å². The van der Waals surface area contributed by atoms with Crippen molar-refractivity contribution in [2.24, 2.45) is 0 Å². The molecule has 2 aromatic carbocycles. The molecule has 2 heterocycles. The van der Waals surface area contributed by atoms with Crippen LogP contribution in [0.2, 0.25) is 5.02 Å². The molecule has 27 heavy (non-hydrogen) atoms. The van der Waals surface area contributed by atoms with Gasteiger partial charge in [-0.05, 0) is 54.2 Å². The van der Waals surface area contributed by atoms with Crippen LogP contribution in [0.25, 0.3) is 0 Å². The fraction of sp³-hybridized carbons (Fsp3) is 0.190. The number of para-hydroxylation sites is 2. The molecule has 0 bridgehead atoms. The molecule has 1 aliphatic rings. The molecule has 0 saturated heterocycles. The van der Waals surface area contributed by atoms with Crippen LogP contribution >= 0.6 is 23.8 Å². The third-order valence-corrected chi connectivity index (χ3v) is 5.42. The number of nitrogens with one attached hydrogen (secondary N) is 1. The molecular formula is C21H20ClN3OS. The first-order valence-corrected chi connectivity index (χ1v) is 9.57. The number of nitrogens with zero attached hydrogens (tertiary/aromatic N) is 2. The Kier molecular flexibility index (Phi) is 5.05. The average molecular weight is 398 g/mol. The summed E-state index contributed by atoms with van der Waals surface area (Å²) in [5.41, 5.74) is 3.23. The smallest absolute Gasteiger partial charge is 0.174 e. The molecule has 4 nitrogen and oxygen atoms in total. The Morgan fingerprint density at radius 2 is 1.85 bits per heavy atom. The molecule has 0 fully saturated rings. The molecule has 0 amide bonds. The first-order chi connectivity index (χ1) is 13.2. The van der Waals surface area contributed by atoms with Gasteiger partial charge >= 0.3 is 0 Å². The lowest BCUT2D eigenvalue weighted by atomic mass is 10.0. The quantitative estimate of drug-likeness (QED) is 0.633. The Morgan fingerprint density at radius 1 is 1.07 bits per heavy atom. The highest BCUT2D eigenvalue weighted by atomic mass is 35.5. The lowest BCUT2D eigenvalue weighted by Crippen LogP contribution is -2.44. The van der Waals surface area contributed by atoms with E-state index in [9.17, 15) is 0 Å². The maximum absolute atomic E-state index is 6.10. The second kappa shape index (κ2) is 7.62. The van der Waals surface area contributed by atoms with Crippen LogP contribution in [0.15, 0.2) is 66.9 Å². The van der Waals surface area contributed by atoms with Crippen LogP contribution < -0.4 is 10.1 Å². The van der Waals surface area contributed by atoms with E-state index < -0.39 is 0 Å². The van der Waals surface area contributed by atoms with Crippen molar-refractivity contribution in [1.82, 2.24) is 9.47 Å². The van der Waals surface area contributed by atoms with Gasteiger partial charge in [0.15, 0.2) is 5.11 Å². The van der Waals surface area contributed by atoms with Crippen molar-refractivity contribution in [1.29, 1.82) is 0 Å². The van der Waals surface area contributed by atoms with Crippen LogP contribution in [-0.2, 0) is 6.54 Å². The normalized spacial score (nSPS) is 15.9. The molecule has 1 unspecified atom stereocenters. The van der Waals surface area contributed by atoms with Crippen molar-refractivity contribution in [3.63, 3.8) is 0 Å². The van der Waals surface area contributed by atoms with E-state index in [1.165, 1.54) is 5.69 Å². The fourth-order valence-corrected chi connectivity index (χ4v) is 3.97. The van der Waals surface area contributed by atoms with Gasteiger partial charge in [0.1, 0.15) is 5.75 Å². The molecule has 0 spiro atoms. The van der Waals surface area contributed by atoms with Crippen molar-refractivity contribution < 1.29 is 4.74 Å². The number of hydrogen-bond acceptors (Lipinski definition) is 2. The third kappa shape index (κ3) is 3.53. The van der Waals surface area contributed by atoms with Crippen molar-refractivity contribution in [2.45, 2.75) is 12.6 Å². The largest absolute Gasteiger partial charge is 0.495 e. The van der Waals surface area contributed by atoms with E-state index in [-0.39, 0.29) is 6.04 Å². The molecule has 138 valence electrons. The van der Waals surface area contributed by atoms with Gasteiger partial charge in [-0.15, -0.1) is 0 Å². The first kappa shape index (κ1) is 17.9. The van der Waals surface area contributed by atoms with Crippen molar-refractivity contribution in [3.05, 3.63) is 83.1 Å². The third-order valence-electron chi connectivity index (χ3n) is 4.83. The van der Waals surface area contributed by atoms with Gasteiger partial charge in [-0.25, -0.2) is 0 Å². The Labute approximate surface area is 169 Å². The molecule has 1 aliphatic heterocycles. The molecule has 4 rings (SSSR count). The van der Waals surface area contributed by atoms with E-state index in [0.29, 0.717) is 5.11 Å². The lowest BCUT2D eigenvalue weighted by Gasteiger charge is -2.39. The van der Waals surface area contributed by atoms with E-state index in [2.05, 4.69) is 45.2 Å². The maximum Gasteiger partial charge on any atom is 0.174 e. The summed E-state index contributed by atoms with van der Waals surface area (Å²) in [4.78, 5) is 2.22. The molecular weight excluding hydrogens is 378 g/mol. The van der Waals surface area contributed by atoms with E-state index in [1.54, 1.807) is 7.11 Å². The summed E-state index contributed by atoms with van der Waals surface area (Å²) in [6.45, 7) is 1.70. The zero-order chi connectivity index (χ0) is 18.8. The Hall–Kier alpha value is -2.50. The molecule has 3 aromatic rings. The highest BCUT2D eigenvalue weighted by molar-refractivity contribution is 7.80. The number of aromatic nitrogens is 1. The first-order valence-electron chi connectivity index (χ1n) is 8.78. The molecule has 1 N–H and O–H groups in total. The molecule has 1 aromatic heterocycles. The van der Waals surface area contributed by atoms with Crippen LogP contribution in [0.5, 0.6) is 5.75 Å². The summed E-state index contributed by atoms with van der Waals surface area (Å²) in [6, 6.07) is 20.0. The molecule has 1 atom stereocenters. The number of hydrogen-bond donors (Lipinski definition) is 1. The second-order valence-electron chi connectivity index (χ2n) is 6.40. The van der Waals surface area contributed by atoms with Gasteiger partial charge in [0, 0.05) is 30.0 Å². The number of benzene rings is 2. The van der Waals surface area contributed by atoms with Crippen LogP contribution in [0.1, 0.15) is 17.3 Å². The van der Waals surface area contributed by atoms with Gasteiger partial charge in [-0.3, -0.25) is 0 Å². The number of ether oxygens (including phenoxy) is 1. The predicted octanol–water partition coefficient (Wildman–Crippen LogP) is 4.95. The number of fused-ring (bicyclic) bond motifs is 1. The zero-order valence-corrected chi connectivity index (χ0v) is 16.5. The van der Waals surface area contributed by atoms with Crippen LogP contribution in [0.3, 0.4) is 0 Å². The highest BCUT2D eigenvalue weighted by Gasteiger charge is 2.30. The van der Waals surface area contributed by atoms with Crippen LogP contribution in [0.4, 0.5) is 5.69 Å². The minimum absolute atomic E-state index is 0.0284. The minimum atomic E-state index is 0.0284. The van der Waals surface area contributed by atoms with Crippen molar-refractivity contribution in [2.75, 3.05) is 19.0 Å². The maximum atomic E-state index is 6.10. The lowest BCUT2D eigenvalue weighted by molar-refractivity contribution is 0.293. The summed E-state index contributed by atoms with van der Waals surface area (Å²) in [6.07, 6.45) is 2.12. The van der Waals surface area contributed by atoms with E-state index in [1.807, 2.05) is 36.4 Å². The predicted molar refractivity (Wildman–Crippen MR) is 114 cm³/mol. The Morgan fingerprint density at radius 3 is 2.63 bits per heavy atom. The number of thiocarbonyl (C=S) groups is 1. The summed E-state index contributed by atoms with van der Waals surface area (Å²) in [5, 5.41) is 4.76. The SMILES string of the molecule is COc1ccccc1NC(=S)N1CCn2cccc2C1c1ccc(Cl)cc1. The second-order valence-corrected chi connectivity index (χ2v) is 7.23. The van der Waals surface area contributed by atoms with E-state index in [4.69, 9.17) is 28.6 Å². The number of rotatable bonds is 3. The zero-order valence-electron chi connectivity index (χ0n) is 14.9. The van der Waals surface area contributed by atoms with Gasteiger partial charge in [-0.2, -0.15) is 0 Å². The summed E-state index contributed by atoms with van der Waals surface area (Å²) in [5.74, 6) is 0.767. The van der Waals surface area contributed by atoms with Crippen molar-refractivity contribution >= 4 is 34.6 Å². The summed E-state index contributed by atoms with van der Waals surface area (Å²) in [7, 11) is 1.66. The summed E-state index contributed by atoms with van der Waals surface area (Å²) >= 11 is 11.9. The van der Waals surface area contributed by atoms with Gasteiger partial charge in [-0.1, -0.05) is 35.9 Å². The average Bonchev–Trinajstić information content (AvgIpc) is 3.17. The van der Waals surface area contributed by atoms with E-state index >= 15 is 0 Å². The Bertz CT molecular complexity index is 954. The molecule has 0 saturated carbocycles. The Balaban J connectivity index is 1.68. The van der Waals surface area contributed by atoms with Gasteiger partial charge in [0.2, 0.25) is 0 Å². The van der Waals surface area contributed by atoms with E-state index in [0.717, 1.165) is 35.1 Å². The fourth-order valence-electron chi connectivity index (χ4n) is 3.53. The number of halogens is 1. The standard InChI is InChI=1S/C21H20ClN3OS/c1-26-19-7-3-2-5-17(19)23-21(27)25-14-13-24-12-4-6-18(24)20(25)15-8-10-16(22)11-9-15/h2-12,20H,13-14H2,1H3,(H,23,27). The minimum Gasteiger partial charge on any atom is -0.495 e. The topological polar surface area (TPSA) is 29.4 Å².